The van der Waals surface area contributed by atoms with E-state index >= 15 is 0 Å². The number of benzene rings is 2. The SMILES string of the molecule is CC(C)SC1=C(O)C(=O)N(c2cccc(Cl)c2)C1c1ccc(Cl)cc1. The van der Waals surface area contributed by atoms with Crippen molar-refractivity contribution in [2.45, 2.75) is 25.1 Å². The molecular weight excluding hydrogens is 377 g/mol. The van der Waals surface area contributed by atoms with Crippen LogP contribution in [0.3, 0.4) is 0 Å². The van der Waals surface area contributed by atoms with E-state index in [1.165, 1.54) is 11.8 Å². The van der Waals surface area contributed by atoms with E-state index in [0.29, 0.717) is 20.6 Å². The second kappa shape index (κ2) is 7.32. The number of halogens is 2. The predicted octanol–water partition coefficient (Wildman–Crippen LogP) is 5.99. The molecular formula is C19H17Cl2NO2S. The smallest absolute Gasteiger partial charge is 0.294 e. The zero-order valence-electron chi connectivity index (χ0n) is 13.7. The van der Waals surface area contributed by atoms with Crippen molar-refractivity contribution in [3.05, 3.63) is 74.8 Å². The Morgan fingerprint density at radius 2 is 1.76 bits per heavy atom. The summed E-state index contributed by atoms with van der Waals surface area (Å²) >= 11 is 13.6. The van der Waals surface area contributed by atoms with Crippen LogP contribution in [0.5, 0.6) is 0 Å². The minimum absolute atomic E-state index is 0.210. The number of carbonyl (C=O) groups excluding carboxylic acids is 1. The first-order chi connectivity index (χ1) is 11.9. The molecule has 2 aromatic rings. The molecule has 0 aromatic heterocycles. The van der Waals surface area contributed by atoms with E-state index in [1.807, 2.05) is 32.0 Å². The highest BCUT2D eigenvalue weighted by Gasteiger charge is 2.42. The van der Waals surface area contributed by atoms with Crippen molar-refractivity contribution in [1.82, 2.24) is 0 Å². The molecule has 0 aliphatic carbocycles. The molecule has 2 aromatic carbocycles. The third kappa shape index (κ3) is 3.66. The van der Waals surface area contributed by atoms with Gasteiger partial charge in [0, 0.05) is 21.0 Å². The average Bonchev–Trinajstić information content (AvgIpc) is 2.80. The highest BCUT2D eigenvalue weighted by molar-refractivity contribution is 8.03. The number of hydrogen-bond donors (Lipinski definition) is 1. The van der Waals surface area contributed by atoms with Crippen LogP contribution in [0.2, 0.25) is 10.0 Å². The van der Waals surface area contributed by atoms with Gasteiger partial charge in [0.05, 0.1) is 10.9 Å². The molecule has 1 heterocycles. The quantitative estimate of drug-likeness (QED) is 0.692. The summed E-state index contributed by atoms with van der Waals surface area (Å²) in [5.41, 5.74) is 1.52. The summed E-state index contributed by atoms with van der Waals surface area (Å²) in [6.45, 7) is 4.05. The first-order valence-electron chi connectivity index (χ1n) is 7.83. The zero-order chi connectivity index (χ0) is 18.1. The van der Waals surface area contributed by atoms with Gasteiger partial charge in [0.15, 0.2) is 5.76 Å². The molecule has 25 heavy (non-hydrogen) atoms. The van der Waals surface area contributed by atoms with Gasteiger partial charge in [0.1, 0.15) is 0 Å². The van der Waals surface area contributed by atoms with E-state index in [2.05, 4.69) is 0 Å². The van der Waals surface area contributed by atoms with E-state index < -0.39 is 11.9 Å². The van der Waals surface area contributed by atoms with Gasteiger partial charge in [-0.1, -0.05) is 55.2 Å². The van der Waals surface area contributed by atoms with Gasteiger partial charge in [-0.3, -0.25) is 9.69 Å². The minimum atomic E-state index is -0.426. The molecule has 0 saturated carbocycles. The normalized spacial score (nSPS) is 17.7. The second-order valence-corrected chi connectivity index (χ2v) is 8.48. The monoisotopic (exact) mass is 393 g/mol. The van der Waals surface area contributed by atoms with Gasteiger partial charge in [-0.25, -0.2) is 0 Å². The summed E-state index contributed by atoms with van der Waals surface area (Å²) in [6, 6.07) is 14.0. The molecule has 1 N–H and O–H groups in total. The van der Waals surface area contributed by atoms with Crippen molar-refractivity contribution in [2.24, 2.45) is 0 Å². The third-order valence-electron chi connectivity index (χ3n) is 3.80. The molecule has 6 heteroatoms. The van der Waals surface area contributed by atoms with Crippen LogP contribution in [0.4, 0.5) is 5.69 Å². The lowest BCUT2D eigenvalue weighted by Crippen LogP contribution is -2.30. The Hall–Kier alpha value is -1.62. The molecule has 1 aliphatic rings. The number of rotatable bonds is 4. The van der Waals surface area contributed by atoms with Crippen LogP contribution in [0.25, 0.3) is 0 Å². The van der Waals surface area contributed by atoms with Crippen molar-refractivity contribution < 1.29 is 9.90 Å². The summed E-state index contributed by atoms with van der Waals surface area (Å²) in [4.78, 5) is 15.0. The highest BCUT2D eigenvalue weighted by atomic mass is 35.5. The van der Waals surface area contributed by atoms with Crippen molar-refractivity contribution in [3.8, 4) is 0 Å². The fourth-order valence-electron chi connectivity index (χ4n) is 2.80. The number of anilines is 1. The highest BCUT2D eigenvalue weighted by Crippen LogP contribution is 2.46. The van der Waals surface area contributed by atoms with Crippen LogP contribution in [0, 0.1) is 0 Å². The van der Waals surface area contributed by atoms with Crippen LogP contribution >= 0.6 is 35.0 Å². The van der Waals surface area contributed by atoms with E-state index in [-0.39, 0.29) is 11.0 Å². The Morgan fingerprint density at radius 1 is 1.08 bits per heavy atom. The van der Waals surface area contributed by atoms with Crippen molar-refractivity contribution in [2.75, 3.05) is 4.90 Å². The van der Waals surface area contributed by atoms with E-state index in [0.717, 1.165) is 5.56 Å². The Labute approximate surface area is 161 Å². The Bertz CT molecular complexity index is 834. The lowest BCUT2D eigenvalue weighted by Gasteiger charge is -2.27. The molecule has 3 rings (SSSR count). The zero-order valence-corrected chi connectivity index (χ0v) is 16.1. The summed E-state index contributed by atoms with van der Waals surface area (Å²) < 4.78 is 0. The molecule has 0 spiro atoms. The van der Waals surface area contributed by atoms with Crippen LogP contribution in [0.1, 0.15) is 25.5 Å². The fraction of sp³-hybridized carbons (Fsp3) is 0.211. The summed E-state index contributed by atoms with van der Waals surface area (Å²) in [6.07, 6.45) is 0. The lowest BCUT2D eigenvalue weighted by molar-refractivity contribution is -0.117. The standard InChI is InChI=1S/C19H17Cl2NO2S/c1-11(2)25-18-16(12-6-8-13(20)9-7-12)22(19(24)17(18)23)15-5-3-4-14(21)10-15/h3-11,16,23H,1-2H3. The van der Waals surface area contributed by atoms with Gasteiger partial charge in [-0.05, 0) is 35.9 Å². The van der Waals surface area contributed by atoms with Crippen LogP contribution in [-0.2, 0) is 4.79 Å². The van der Waals surface area contributed by atoms with Gasteiger partial charge in [-0.15, -0.1) is 11.8 Å². The van der Waals surface area contributed by atoms with E-state index in [4.69, 9.17) is 23.2 Å². The van der Waals surface area contributed by atoms with Crippen LogP contribution in [0.15, 0.2) is 59.2 Å². The summed E-state index contributed by atoms with van der Waals surface area (Å²) in [5, 5.41) is 11.9. The largest absolute Gasteiger partial charge is 0.502 e. The number of thioether (sulfide) groups is 1. The van der Waals surface area contributed by atoms with Gasteiger partial charge in [-0.2, -0.15) is 0 Å². The number of nitrogens with zero attached hydrogens (tertiary/aromatic N) is 1. The summed E-state index contributed by atoms with van der Waals surface area (Å²) in [7, 11) is 0. The van der Waals surface area contributed by atoms with E-state index in [9.17, 15) is 9.90 Å². The molecule has 0 bridgehead atoms. The molecule has 0 fully saturated rings. The average molecular weight is 394 g/mol. The van der Waals surface area contributed by atoms with Gasteiger partial charge >= 0.3 is 0 Å². The number of hydrogen-bond acceptors (Lipinski definition) is 3. The van der Waals surface area contributed by atoms with Gasteiger partial charge in [0.25, 0.3) is 5.91 Å². The predicted molar refractivity (Wildman–Crippen MR) is 106 cm³/mol. The second-order valence-electron chi connectivity index (χ2n) is 5.99. The fourth-order valence-corrected chi connectivity index (χ4v) is 4.18. The maximum absolute atomic E-state index is 12.8. The van der Waals surface area contributed by atoms with Crippen molar-refractivity contribution in [3.63, 3.8) is 0 Å². The lowest BCUT2D eigenvalue weighted by atomic mass is 10.1. The molecule has 1 aliphatic heterocycles. The Kier molecular flexibility index (Phi) is 5.32. The maximum Gasteiger partial charge on any atom is 0.294 e. The van der Waals surface area contributed by atoms with Crippen molar-refractivity contribution in [1.29, 1.82) is 0 Å². The molecule has 3 nitrogen and oxygen atoms in total. The number of amides is 1. The number of aliphatic hydroxyl groups excluding tert-OH is 1. The van der Waals surface area contributed by atoms with Crippen LogP contribution < -0.4 is 4.90 Å². The third-order valence-corrected chi connectivity index (χ3v) is 5.43. The Morgan fingerprint density at radius 3 is 2.36 bits per heavy atom. The molecule has 1 unspecified atom stereocenters. The van der Waals surface area contributed by atoms with Crippen LogP contribution in [-0.4, -0.2) is 16.3 Å². The Balaban J connectivity index is 2.13. The number of aliphatic hydroxyl groups is 1. The molecule has 0 saturated heterocycles. The first kappa shape index (κ1) is 18.2. The number of carbonyl (C=O) groups is 1. The maximum atomic E-state index is 12.8. The minimum Gasteiger partial charge on any atom is -0.502 e. The molecule has 1 amide bonds. The van der Waals surface area contributed by atoms with Gasteiger partial charge in [0.2, 0.25) is 0 Å². The van der Waals surface area contributed by atoms with Gasteiger partial charge < -0.3 is 5.11 Å². The molecule has 1 atom stereocenters. The first-order valence-corrected chi connectivity index (χ1v) is 9.46. The topological polar surface area (TPSA) is 40.5 Å². The molecule has 130 valence electrons. The summed E-state index contributed by atoms with van der Waals surface area (Å²) in [5.74, 6) is -0.635. The van der Waals surface area contributed by atoms with E-state index in [1.54, 1.807) is 35.2 Å². The van der Waals surface area contributed by atoms with Crippen molar-refractivity contribution >= 4 is 46.6 Å². The molecule has 0 radical (unpaired) electrons.